The first kappa shape index (κ1) is 24.3. The average molecular weight is 453 g/mol. The van der Waals surface area contributed by atoms with Gasteiger partial charge in [0.25, 0.3) is 11.7 Å². The van der Waals surface area contributed by atoms with Gasteiger partial charge in [-0.1, -0.05) is 26.0 Å². The molecule has 1 heterocycles. The molecule has 0 radical (unpaired) electrons. The number of benzene rings is 2. The Labute approximate surface area is 194 Å². The molecule has 176 valence electrons. The SMILES string of the molecule is CCOc1ccc(/C(O)=C2/C(=O)C(=O)N(CCN(C)C)C2c2ccc(O)cc2)cc1C(C)C. The molecule has 33 heavy (non-hydrogen) atoms. The molecule has 1 unspecified atom stereocenters. The van der Waals surface area contributed by atoms with Crippen LogP contribution in [0.2, 0.25) is 0 Å². The molecule has 1 aliphatic rings. The van der Waals surface area contributed by atoms with Gasteiger partial charge in [0.2, 0.25) is 0 Å². The van der Waals surface area contributed by atoms with E-state index in [0.717, 1.165) is 11.3 Å². The summed E-state index contributed by atoms with van der Waals surface area (Å²) in [6, 6.07) is 10.9. The average Bonchev–Trinajstić information content (AvgIpc) is 3.02. The van der Waals surface area contributed by atoms with Gasteiger partial charge in [0.05, 0.1) is 18.2 Å². The molecule has 0 spiro atoms. The Morgan fingerprint density at radius 3 is 2.36 bits per heavy atom. The second-order valence-electron chi connectivity index (χ2n) is 8.73. The Bertz CT molecular complexity index is 1060. The van der Waals surface area contributed by atoms with Crippen molar-refractivity contribution in [1.29, 1.82) is 0 Å². The Kier molecular flexibility index (Phi) is 7.43. The largest absolute Gasteiger partial charge is 0.508 e. The number of ketones is 1. The van der Waals surface area contributed by atoms with E-state index in [-0.39, 0.29) is 23.0 Å². The van der Waals surface area contributed by atoms with Crippen molar-refractivity contribution < 1.29 is 24.5 Å². The quantitative estimate of drug-likeness (QED) is 0.359. The zero-order valence-corrected chi connectivity index (χ0v) is 19.8. The lowest BCUT2D eigenvalue weighted by molar-refractivity contribution is -0.140. The van der Waals surface area contributed by atoms with Crippen molar-refractivity contribution in [1.82, 2.24) is 9.80 Å². The summed E-state index contributed by atoms with van der Waals surface area (Å²) in [6.07, 6.45) is 0. The molecule has 1 saturated heterocycles. The number of amides is 1. The zero-order valence-electron chi connectivity index (χ0n) is 19.8. The Hall–Kier alpha value is -3.32. The molecule has 0 aliphatic carbocycles. The van der Waals surface area contributed by atoms with E-state index in [0.29, 0.717) is 30.8 Å². The fourth-order valence-electron chi connectivity index (χ4n) is 4.01. The summed E-state index contributed by atoms with van der Waals surface area (Å²) in [5, 5.41) is 21.0. The summed E-state index contributed by atoms with van der Waals surface area (Å²) >= 11 is 0. The number of hydrogen-bond acceptors (Lipinski definition) is 6. The van der Waals surface area contributed by atoms with Crippen molar-refractivity contribution >= 4 is 17.4 Å². The van der Waals surface area contributed by atoms with E-state index in [4.69, 9.17) is 4.74 Å². The first-order valence-corrected chi connectivity index (χ1v) is 11.1. The lowest BCUT2D eigenvalue weighted by atomic mass is 9.93. The molecule has 3 rings (SSSR count). The highest BCUT2D eigenvalue weighted by atomic mass is 16.5. The number of Topliss-reactive ketones (excluding diaryl/α,β-unsaturated/α-hetero) is 1. The molecule has 2 aromatic rings. The first-order chi connectivity index (χ1) is 15.6. The van der Waals surface area contributed by atoms with Crippen molar-refractivity contribution in [3.8, 4) is 11.5 Å². The van der Waals surface area contributed by atoms with Crippen LogP contribution in [0.1, 0.15) is 49.4 Å². The third-order valence-electron chi connectivity index (χ3n) is 5.74. The van der Waals surface area contributed by atoms with Crippen LogP contribution in [-0.2, 0) is 9.59 Å². The van der Waals surface area contributed by atoms with Crippen LogP contribution < -0.4 is 4.74 Å². The van der Waals surface area contributed by atoms with E-state index >= 15 is 0 Å². The molecule has 1 amide bonds. The van der Waals surface area contributed by atoms with Gasteiger partial charge < -0.3 is 24.7 Å². The van der Waals surface area contributed by atoms with Crippen LogP contribution in [0.25, 0.3) is 5.76 Å². The van der Waals surface area contributed by atoms with E-state index < -0.39 is 17.7 Å². The lowest BCUT2D eigenvalue weighted by Crippen LogP contribution is -2.35. The number of likely N-dealkylation sites (N-methyl/N-ethyl adjacent to an activating group) is 1. The maximum atomic E-state index is 13.1. The summed E-state index contributed by atoms with van der Waals surface area (Å²) < 4.78 is 5.71. The van der Waals surface area contributed by atoms with Gasteiger partial charge in [-0.05, 0) is 68.4 Å². The lowest BCUT2D eigenvalue weighted by Gasteiger charge is -2.26. The van der Waals surface area contributed by atoms with Crippen LogP contribution in [0.3, 0.4) is 0 Å². The molecule has 1 atom stereocenters. The van der Waals surface area contributed by atoms with E-state index in [1.54, 1.807) is 24.3 Å². The minimum Gasteiger partial charge on any atom is -0.508 e. The molecule has 0 aromatic heterocycles. The van der Waals surface area contributed by atoms with E-state index in [1.807, 2.05) is 45.8 Å². The molecular formula is C26H32N2O5. The molecular weight excluding hydrogens is 420 g/mol. The van der Waals surface area contributed by atoms with Gasteiger partial charge >= 0.3 is 0 Å². The molecule has 7 nitrogen and oxygen atoms in total. The highest BCUT2D eigenvalue weighted by Crippen LogP contribution is 2.40. The summed E-state index contributed by atoms with van der Waals surface area (Å²) in [4.78, 5) is 29.5. The van der Waals surface area contributed by atoms with E-state index in [1.165, 1.54) is 17.0 Å². The second-order valence-corrected chi connectivity index (χ2v) is 8.73. The second kappa shape index (κ2) is 10.1. The smallest absolute Gasteiger partial charge is 0.295 e. The van der Waals surface area contributed by atoms with Crippen molar-refractivity contribution in [2.24, 2.45) is 0 Å². The number of carbonyl (C=O) groups is 2. The molecule has 1 fully saturated rings. The Balaban J connectivity index is 2.16. The van der Waals surface area contributed by atoms with Crippen LogP contribution in [0.15, 0.2) is 48.0 Å². The number of phenols is 1. The highest BCUT2D eigenvalue weighted by Gasteiger charge is 2.45. The predicted octanol–water partition coefficient (Wildman–Crippen LogP) is 3.90. The van der Waals surface area contributed by atoms with Gasteiger partial charge in [-0.2, -0.15) is 0 Å². The highest BCUT2D eigenvalue weighted by molar-refractivity contribution is 6.46. The van der Waals surface area contributed by atoms with Crippen molar-refractivity contribution in [3.63, 3.8) is 0 Å². The number of ether oxygens (including phenoxy) is 1. The molecule has 7 heteroatoms. The van der Waals surface area contributed by atoms with Crippen LogP contribution in [0.4, 0.5) is 0 Å². The van der Waals surface area contributed by atoms with E-state index in [2.05, 4.69) is 0 Å². The molecule has 2 aromatic carbocycles. The number of hydrogen-bond donors (Lipinski definition) is 2. The number of rotatable bonds is 8. The van der Waals surface area contributed by atoms with Gasteiger partial charge in [0.15, 0.2) is 0 Å². The monoisotopic (exact) mass is 452 g/mol. The van der Waals surface area contributed by atoms with E-state index in [9.17, 15) is 19.8 Å². The number of carbonyl (C=O) groups excluding carboxylic acids is 2. The number of nitrogens with zero attached hydrogens (tertiary/aromatic N) is 2. The summed E-state index contributed by atoms with van der Waals surface area (Å²) in [5.74, 6) is -0.642. The van der Waals surface area contributed by atoms with Crippen molar-refractivity contribution in [3.05, 3.63) is 64.7 Å². The maximum absolute atomic E-state index is 13.1. The summed E-state index contributed by atoms with van der Waals surface area (Å²) in [6.45, 7) is 7.35. The topological polar surface area (TPSA) is 90.3 Å². The number of aromatic hydroxyl groups is 1. The minimum atomic E-state index is -0.750. The van der Waals surface area contributed by atoms with Gasteiger partial charge in [-0.3, -0.25) is 9.59 Å². The molecule has 2 N–H and O–H groups in total. The third kappa shape index (κ3) is 5.03. The summed E-state index contributed by atoms with van der Waals surface area (Å²) in [5.41, 5.74) is 2.05. The Morgan fingerprint density at radius 1 is 1.12 bits per heavy atom. The van der Waals surface area contributed by atoms with Crippen LogP contribution in [0, 0.1) is 0 Å². The van der Waals surface area contributed by atoms with Gasteiger partial charge in [0, 0.05) is 18.7 Å². The third-order valence-corrected chi connectivity index (χ3v) is 5.74. The van der Waals surface area contributed by atoms with Crippen LogP contribution >= 0.6 is 0 Å². The Morgan fingerprint density at radius 2 is 1.79 bits per heavy atom. The number of aliphatic hydroxyl groups excluding tert-OH is 1. The molecule has 0 bridgehead atoms. The fraction of sp³-hybridized carbons (Fsp3) is 0.385. The van der Waals surface area contributed by atoms with Gasteiger partial charge in [-0.15, -0.1) is 0 Å². The van der Waals surface area contributed by atoms with Gasteiger partial charge in [-0.25, -0.2) is 0 Å². The van der Waals surface area contributed by atoms with Gasteiger partial charge in [0.1, 0.15) is 17.3 Å². The normalized spacial score (nSPS) is 17.9. The number of aliphatic hydroxyl groups is 1. The first-order valence-electron chi connectivity index (χ1n) is 11.1. The van der Waals surface area contributed by atoms with Crippen molar-refractivity contribution in [2.75, 3.05) is 33.8 Å². The van der Waals surface area contributed by atoms with Crippen LogP contribution in [-0.4, -0.2) is 65.5 Å². The molecule has 0 saturated carbocycles. The standard InChI is InChI=1S/C26H32N2O5/c1-6-33-21-12-9-18(15-20(21)16(2)3)24(30)22-23(17-7-10-19(29)11-8-17)28(14-13-27(4)5)26(32)25(22)31/h7-12,15-16,23,29-30H,6,13-14H2,1-5H3/b24-22-. The van der Waals surface area contributed by atoms with Crippen LogP contribution in [0.5, 0.6) is 11.5 Å². The maximum Gasteiger partial charge on any atom is 0.295 e. The fourth-order valence-corrected chi connectivity index (χ4v) is 4.01. The minimum absolute atomic E-state index is 0.0447. The molecule has 1 aliphatic heterocycles. The predicted molar refractivity (Wildman–Crippen MR) is 127 cm³/mol. The summed E-state index contributed by atoms with van der Waals surface area (Å²) in [7, 11) is 3.78. The van der Waals surface area contributed by atoms with Crippen molar-refractivity contribution in [2.45, 2.75) is 32.7 Å². The number of phenolic OH excluding ortho intramolecular Hbond substituents is 1. The number of likely N-dealkylation sites (tertiary alicyclic amines) is 1. The zero-order chi connectivity index (χ0) is 24.3.